The summed E-state index contributed by atoms with van der Waals surface area (Å²) in [5.41, 5.74) is 4.17. The lowest BCUT2D eigenvalue weighted by molar-refractivity contribution is -0.104. The van der Waals surface area contributed by atoms with Crippen LogP contribution < -0.4 is 0 Å². The summed E-state index contributed by atoms with van der Waals surface area (Å²) in [5, 5.41) is 0. The lowest BCUT2D eigenvalue weighted by Crippen LogP contribution is -1.88. The van der Waals surface area contributed by atoms with Crippen molar-refractivity contribution in [2.24, 2.45) is 0 Å². The molecule has 0 aliphatic rings. The largest absolute Gasteiger partial charge is 0.299 e. The van der Waals surface area contributed by atoms with E-state index in [0.717, 1.165) is 33.4 Å². The number of thiophene rings is 1. The Morgan fingerprint density at radius 3 is 2.24 bits per heavy atom. The van der Waals surface area contributed by atoms with Crippen molar-refractivity contribution in [2.45, 2.75) is 19.8 Å². The molecule has 0 amide bonds. The Morgan fingerprint density at radius 1 is 0.960 bits per heavy atom. The fraction of sp³-hybridized carbons (Fsp3) is 0.136. The summed E-state index contributed by atoms with van der Waals surface area (Å²) in [7, 11) is 0. The molecule has 25 heavy (non-hydrogen) atoms. The number of carbonyl (C=O) groups is 1. The predicted octanol–water partition coefficient (Wildman–Crippen LogP) is 6.56. The Hall–Kier alpha value is -2.52. The number of rotatable bonds is 5. The second kappa shape index (κ2) is 7.58. The number of hydrogen-bond donors (Lipinski definition) is 0. The van der Waals surface area contributed by atoms with E-state index in [9.17, 15) is 9.18 Å². The smallest absolute Gasteiger partial charge is 0.142 e. The van der Waals surface area contributed by atoms with Gasteiger partial charge in [0.25, 0.3) is 0 Å². The molecule has 3 aromatic rings. The van der Waals surface area contributed by atoms with Crippen LogP contribution in [0.4, 0.5) is 4.39 Å². The van der Waals surface area contributed by atoms with E-state index >= 15 is 0 Å². The first-order chi connectivity index (χ1) is 12.1. The fourth-order valence-corrected chi connectivity index (χ4v) is 4.21. The van der Waals surface area contributed by atoms with E-state index in [4.69, 9.17) is 0 Å². The third kappa shape index (κ3) is 3.62. The van der Waals surface area contributed by atoms with Crippen molar-refractivity contribution in [3.05, 3.63) is 76.9 Å². The van der Waals surface area contributed by atoms with Crippen LogP contribution >= 0.6 is 11.3 Å². The van der Waals surface area contributed by atoms with Crippen LogP contribution in [0.15, 0.2) is 60.7 Å². The van der Waals surface area contributed by atoms with Gasteiger partial charge < -0.3 is 0 Å². The van der Waals surface area contributed by atoms with Gasteiger partial charge in [0.15, 0.2) is 0 Å². The minimum absolute atomic E-state index is 0.255. The van der Waals surface area contributed by atoms with Gasteiger partial charge in [-0.05, 0) is 46.9 Å². The van der Waals surface area contributed by atoms with Crippen molar-refractivity contribution >= 4 is 23.7 Å². The van der Waals surface area contributed by atoms with Crippen LogP contribution in [0.2, 0.25) is 0 Å². The predicted molar refractivity (Wildman–Crippen MR) is 104 cm³/mol. The van der Waals surface area contributed by atoms with Crippen LogP contribution in [-0.4, -0.2) is 6.29 Å². The molecule has 0 atom stereocenters. The molecule has 1 aromatic heterocycles. The highest BCUT2D eigenvalue weighted by atomic mass is 32.1. The van der Waals surface area contributed by atoms with Gasteiger partial charge in [-0.25, -0.2) is 4.39 Å². The summed E-state index contributed by atoms with van der Waals surface area (Å²) in [5.74, 6) is 0.0715. The minimum Gasteiger partial charge on any atom is -0.299 e. The topological polar surface area (TPSA) is 17.1 Å². The zero-order valence-electron chi connectivity index (χ0n) is 14.2. The van der Waals surface area contributed by atoms with Crippen molar-refractivity contribution < 1.29 is 9.18 Å². The normalized spacial score (nSPS) is 11.4. The SMILES string of the molecule is CC(C)c1sc(-c2ccccc2)c(-c2ccc(F)cc2)c1C=CC=O. The third-order valence-electron chi connectivity index (χ3n) is 4.01. The quantitative estimate of drug-likeness (QED) is 0.376. The molecular weight excluding hydrogens is 331 g/mol. The van der Waals surface area contributed by atoms with Gasteiger partial charge in [-0.2, -0.15) is 0 Å². The second-order valence-corrected chi connectivity index (χ2v) is 7.16. The molecule has 3 rings (SSSR count). The molecule has 0 saturated heterocycles. The first-order valence-corrected chi connectivity index (χ1v) is 9.03. The van der Waals surface area contributed by atoms with Gasteiger partial charge in [-0.3, -0.25) is 4.79 Å². The Kier molecular flexibility index (Phi) is 5.25. The van der Waals surface area contributed by atoms with Crippen molar-refractivity contribution in [3.8, 4) is 21.6 Å². The average molecular weight is 350 g/mol. The van der Waals surface area contributed by atoms with Crippen molar-refractivity contribution in [3.63, 3.8) is 0 Å². The maximum atomic E-state index is 13.4. The highest BCUT2D eigenvalue weighted by Crippen LogP contribution is 2.46. The monoisotopic (exact) mass is 350 g/mol. The molecule has 0 radical (unpaired) electrons. The minimum atomic E-state index is -0.255. The number of aldehydes is 1. The lowest BCUT2D eigenvalue weighted by Gasteiger charge is -2.08. The number of benzene rings is 2. The number of carbonyl (C=O) groups excluding carboxylic acids is 1. The van der Waals surface area contributed by atoms with Crippen LogP contribution in [0.5, 0.6) is 0 Å². The maximum Gasteiger partial charge on any atom is 0.142 e. The first-order valence-electron chi connectivity index (χ1n) is 8.21. The number of halogens is 1. The van der Waals surface area contributed by atoms with Gasteiger partial charge in [0, 0.05) is 15.3 Å². The Morgan fingerprint density at radius 2 is 1.64 bits per heavy atom. The first kappa shape index (κ1) is 17.3. The molecule has 3 heteroatoms. The Balaban J connectivity index is 2.32. The molecule has 0 aliphatic carbocycles. The van der Waals surface area contributed by atoms with Crippen molar-refractivity contribution in [2.75, 3.05) is 0 Å². The van der Waals surface area contributed by atoms with Crippen molar-refractivity contribution in [1.29, 1.82) is 0 Å². The average Bonchev–Trinajstić information content (AvgIpc) is 3.01. The second-order valence-electron chi connectivity index (χ2n) is 6.11. The van der Waals surface area contributed by atoms with E-state index < -0.39 is 0 Å². The van der Waals surface area contributed by atoms with Crippen LogP contribution in [0.1, 0.15) is 30.2 Å². The molecule has 0 unspecified atom stereocenters. The summed E-state index contributed by atoms with van der Waals surface area (Å²) in [6.45, 7) is 4.29. The summed E-state index contributed by atoms with van der Waals surface area (Å²) in [6, 6.07) is 16.7. The summed E-state index contributed by atoms with van der Waals surface area (Å²) in [4.78, 5) is 13.3. The molecule has 0 saturated carbocycles. The van der Waals surface area contributed by atoms with Crippen LogP contribution in [0.25, 0.3) is 27.6 Å². The van der Waals surface area contributed by atoms with Crippen LogP contribution in [0, 0.1) is 5.82 Å². The molecule has 0 bridgehead atoms. The van der Waals surface area contributed by atoms with E-state index in [-0.39, 0.29) is 5.82 Å². The summed E-state index contributed by atoms with van der Waals surface area (Å²) < 4.78 is 13.4. The lowest BCUT2D eigenvalue weighted by atomic mass is 9.94. The van der Waals surface area contributed by atoms with E-state index in [1.165, 1.54) is 23.1 Å². The van der Waals surface area contributed by atoms with Crippen molar-refractivity contribution in [1.82, 2.24) is 0 Å². The number of hydrogen-bond acceptors (Lipinski definition) is 2. The molecule has 126 valence electrons. The molecule has 0 fully saturated rings. The molecular formula is C22H19FOS. The van der Waals surface area contributed by atoms with Gasteiger partial charge in [-0.15, -0.1) is 11.3 Å². The molecule has 0 N–H and O–H groups in total. The van der Waals surface area contributed by atoms with Crippen LogP contribution in [0.3, 0.4) is 0 Å². The van der Waals surface area contributed by atoms with E-state index in [1.54, 1.807) is 23.5 Å². The zero-order chi connectivity index (χ0) is 17.8. The summed E-state index contributed by atoms with van der Waals surface area (Å²) in [6.07, 6.45) is 4.18. The summed E-state index contributed by atoms with van der Waals surface area (Å²) >= 11 is 1.74. The molecule has 0 spiro atoms. The third-order valence-corrected chi connectivity index (χ3v) is 5.56. The maximum absolute atomic E-state index is 13.4. The fourth-order valence-electron chi connectivity index (χ4n) is 2.89. The molecule has 1 nitrogen and oxygen atoms in total. The van der Waals surface area contributed by atoms with Crippen LogP contribution in [-0.2, 0) is 4.79 Å². The Bertz CT molecular complexity index is 890. The van der Waals surface area contributed by atoms with Gasteiger partial charge in [0.05, 0.1) is 0 Å². The highest BCUT2D eigenvalue weighted by Gasteiger charge is 2.20. The van der Waals surface area contributed by atoms with E-state index in [2.05, 4.69) is 26.0 Å². The van der Waals surface area contributed by atoms with E-state index in [1.807, 2.05) is 24.3 Å². The van der Waals surface area contributed by atoms with Gasteiger partial charge in [0.2, 0.25) is 0 Å². The van der Waals surface area contributed by atoms with E-state index in [0.29, 0.717) is 5.92 Å². The molecule has 2 aromatic carbocycles. The Labute approximate surface area is 151 Å². The standard InChI is InChI=1S/C22H19FOS/c1-15(2)21-19(9-6-14-24)20(16-10-12-18(23)13-11-16)22(25-21)17-7-4-3-5-8-17/h3-15H,1-2H3. The van der Waals surface area contributed by atoms with Gasteiger partial charge >= 0.3 is 0 Å². The highest BCUT2D eigenvalue weighted by molar-refractivity contribution is 7.16. The molecule has 0 aliphatic heterocycles. The molecule has 1 heterocycles. The zero-order valence-corrected chi connectivity index (χ0v) is 15.0. The van der Waals surface area contributed by atoms with Gasteiger partial charge in [-0.1, -0.05) is 56.3 Å². The number of allylic oxidation sites excluding steroid dienone is 1. The van der Waals surface area contributed by atoms with Gasteiger partial charge in [0.1, 0.15) is 12.1 Å².